The molecule has 0 aromatic heterocycles. The number of amides is 3. The van der Waals surface area contributed by atoms with Crippen LogP contribution in [0.15, 0.2) is 71.2 Å². The largest absolute Gasteiger partial charge is 0.478 e. The summed E-state index contributed by atoms with van der Waals surface area (Å²) < 4.78 is 0.887. The number of rotatable bonds is 6. The monoisotopic (exact) mass is 560 g/mol. The molecule has 1 atom stereocenters. The van der Waals surface area contributed by atoms with Crippen molar-refractivity contribution in [3.63, 3.8) is 0 Å². The quantitative estimate of drug-likeness (QED) is 0.352. The molecular weight excluding hydrogens is 543 g/mol. The van der Waals surface area contributed by atoms with Gasteiger partial charge in [0.05, 0.1) is 11.3 Å². The van der Waals surface area contributed by atoms with Crippen molar-refractivity contribution >= 4 is 62.7 Å². The van der Waals surface area contributed by atoms with Crippen LogP contribution in [0.4, 0.5) is 10.5 Å². The van der Waals surface area contributed by atoms with Crippen LogP contribution in [-0.2, 0) is 17.8 Å². The Balaban J connectivity index is 1.81. The molecule has 0 bridgehead atoms. The van der Waals surface area contributed by atoms with Crippen LogP contribution >= 0.6 is 39.1 Å². The van der Waals surface area contributed by atoms with Crippen LogP contribution in [-0.4, -0.2) is 33.5 Å². The fourth-order valence-electron chi connectivity index (χ4n) is 4.12. The van der Waals surface area contributed by atoms with Gasteiger partial charge in [0.25, 0.3) is 5.91 Å². The lowest BCUT2D eigenvalue weighted by atomic mass is 9.90. The summed E-state index contributed by atoms with van der Waals surface area (Å²) in [7, 11) is 0. The summed E-state index contributed by atoms with van der Waals surface area (Å²) >= 11 is 15.7. The number of carboxylic acid groups (broad SMARTS) is 1. The number of aromatic carboxylic acids is 1. The smallest absolute Gasteiger partial charge is 0.336 e. The molecule has 1 fully saturated rings. The van der Waals surface area contributed by atoms with Gasteiger partial charge in [-0.05, 0) is 54.4 Å². The Labute approximate surface area is 214 Å². The van der Waals surface area contributed by atoms with Gasteiger partial charge in [0, 0.05) is 27.5 Å². The molecule has 1 aliphatic rings. The van der Waals surface area contributed by atoms with Gasteiger partial charge in [-0.25, -0.2) is 14.5 Å². The van der Waals surface area contributed by atoms with Gasteiger partial charge in [0.15, 0.2) is 0 Å². The second-order valence-corrected chi connectivity index (χ2v) is 9.96. The first kappa shape index (κ1) is 24.3. The average Bonchev–Trinajstić information content (AvgIpc) is 2.95. The highest BCUT2D eigenvalue weighted by molar-refractivity contribution is 9.10. The molecule has 0 unspecified atom stereocenters. The van der Waals surface area contributed by atoms with Gasteiger partial charge in [0.2, 0.25) is 0 Å². The first-order valence-electron chi connectivity index (χ1n) is 10.3. The molecule has 0 aliphatic carbocycles. The van der Waals surface area contributed by atoms with Crippen LogP contribution < -0.4 is 4.90 Å². The van der Waals surface area contributed by atoms with Gasteiger partial charge in [-0.15, -0.1) is 0 Å². The van der Waals surface area contributed by atoms with Crippen LogP contribution in [0.5, 0.6) is 0 Å². The zero-order chi connectivity index (χ0) is 24.6. The van der Waals surface area contributed by atoms with Gasteiger partial charge in [-0.1, -0.05) is 69.5 Å². The average molecular weight is 562 g/mol. The lowest BCUT2D eigenvalue weighted by molar-refractivity contribution is -0.124. The maximum Gasteiger partial charge on any atom is 0.336 e. The Morgan fingerprint density at radius 1 is 1.00 bits per heavy atom. The van der Waals surface area contributed by atoms with E-state index < -0.39 is 23.4 Å². The molecule has 0 radical (unpaired) electrons. The molecular formula is C25H19BrCl2N2O4. The van der Waals surface area contributed by atoms with Crippen LogP contribution in [0, 0.1) is 0 Å². The summed E-state index contributed by atoms with van der Waals surface area (Å²) in [6.45, 7) is 1.62. The minimum atomic E-state index is -1.29. The molecule has 3 aromatic rings. The van der Waals surface area contributed by atoms with Crippen molar-refractivity contribution < 1.29 is 19.5 Å². The number of hydrogen-bond donors (Lipinski definition) is 1. The molecule has 1 saturated heterocycles. The number of urea groups is 1. The molecule has 6 nitrogen and oxygen atoms in total. The van der Waals surface area contributed by atoms with Crippen molar-refractivity contribution in [2.45, 2.75) is 25.4 Å². The van der Waals surface area contributed by atoms with Crippen molar-refractivity contribution in [2.24, 2.45) is 0 Å². The van der Waals surface area contributed by atoms with E-state index in [1.807, 2.05) is 24.3 Å². The fraction of sp³-hybridized carbons (Fsp3) is 0.160. The molecule has 4 rings (SSSR count). The number of benzene rings is 3. The Morgan fingerprint density at radius 2 is 1.62 bits per heavy atom. The number of imide groups is 1. The van der Waals surface area contributed by atoms with Crippen LogP contribution in [0.2, 0.25) is 10.0 Å². The SMILES string of the molecule is C[C@@]1(Cc2ccc(Br)cc2)C(=O)N(c2cc(Cl)cc(Cl)c2)C(=O)N1Cc1ccccc1C(=O)O. The van der Waals surface area contributed by atoms with Crippen molar-refractivity contribution in [2.75, 3.05) is 4.90 Å². The predicted molar refractivity (Wildman–Crippen MR) is 135 cm³/mol. The number of carbonyl (C=O) groups is 3. The van der Waals surface area contributed by atoms with Crippen LogP contribution in [0.1, 0.15) is 28.4 Å². The molecule has 174 valence electrons. The maximum atomic E-state index is 13.8. The number of carboxylic acids is 1. The molecule has 1 heterocycles. The Bertz CT molecular complexity index is 1280. The third-order valence-corrected chi connectivity index (χ3v) is 6.79. The molecule has 0 spiro atoms. The number of halogens is 3. The third-order valence-electron chi connectivity index (χ3n) is 5.83. The number of anilines is 1. The number of nitrogens with zero attached hydrogens (tertiary/aromatic N) is 2. The summed E-state index contributed by atoms with van der Waals surface area (Å²) in [5.41, 5.74) is 0.297. The normalized spacial score (nSPS) is 18.0. The van der Waals surface area contributed by atoms with Gasteiger partial charge < -0.3 is 10.0 Å². The third kappa shape index (κ3) is 4.56. The fourth-order valence-corrected chi connectivity index (χ4v) is 4.90. The summed E-state index contributed by atoms with van der Waals surface area (Å²) in [4.78, 5) is 41.7. The predicted octanol–water partition coefficient (Wildman–Crippen LogP) is 6.42. The molecule has 34 heavy (non-hydrogen) atoms. The van der Waals surface area contributed by atoms with Crippen molar-refractivity contribution in [3.05, 3.63) is 97.9 Å². The van der Waals surface area contributed by atoms with Crippen molar-refractivity contribution in [1.82, 2.24) is 4.90 Å². The highest BCUT2D eigenvalue weighted by Gasteiger charge is 2.54. The molecule has 3 amide bonds. The van der Waals surface area contributed by atoms with Crippen molar-refractivity contribution in [3.8, 4) is 0 Å². The van der Waals surface area contributed by atoms with E-state index in [-0.39, 0.29) is 34.3 Å². The Morgan fingerprint density at radius 3 is 2.24 bits per heavy atom. The second kappa shape index (κ2) is 9.41. The molecule has 9 heteroatoms. The highest BCUT2D eigenvalue weighted by Crippen LogP contribution is 2.38. The van der Waals surface area contributed by atoms with E-state index >= 15 is 0 Å². The maximum absolute atomic E-state index is 13.8. The first-order chi connectivity index (χ1) is 16.1. The minimum absolute atomic E-state index is 0.0646. The number of hydrogen-bond acceptors (Lipinski definition) is 3. The van der Waals surface area contributed by atoms with Crippen LogP contribution in [0.3, 0.4) is 0 Å². The topological polar surface area (TPSA) is 77.9 Å². The van der Waals surface area contributed by atoms with E-state index in [0.29, 0.717) is 5.56 Å². The zero-order valence-corrected chi connectivity index (χ0v) is 21.1. The molecule has 1 N–H and O–H groups in total. The van der Waals surface area contributed by atoms with E-state index in [0.717, 1.165) is 14.9 Å². The van der Waals surface area contributed by atoms with Gasteiger partial charge in [-0.2, -0.15) is 0 Å². The molecule has 0 saturated carbocycles. The van der Waals surface area contributed by atoms with Gasteiger partial charge in [0.1, 0.15) is 5.54 Å². The summed E-state index contributed by atoms with van der Waals surface area (Å²) in [6, 6.07) is 17.8. The van der Waals surface area contributed by atoms with E-state index in [1.54, 1.807) is 25.1 Å². The summed E-state index contributed by atoms with van der Waals surface area (Å²) in [5.74, 6) is -1.56. The standard InChI is InChI=1S/C25H19BrCl2N2O4/c1-25(13-15-6-8-17(26)9-7-15)23(33)30(20-11-18(27)10-19(28)12-20)24(34)29(25)14-16-4-2-3-5-21(16)22(31)32/h2-12H,13-14H2,1H3,(H,31,32)/t25-/m1/s1. The van der Waals surface area contributed by atoms with Gasteiger partial charge in [-0.3, -0.25) is 4.79 Å². The summed E-state index contributed by atoms with van der Waals surface area (Å²) in [5, 5.41) is 10.2. The second-order valence-electron chi connectivity index (χ2n) is 8.18. The molecule has 3 aromatic carbocycles. The van der Waals surface area contributed by atoms with E-state index in [2.05, 4.69) is 15.9 Å². The van der Waals surface area contributed by atoms with Gasteiger partial charge >= 0.3 is 12.0 Å². The Kier molecular flexibility index (Phi) is 6.71. The summed E-state index contributed by atoms with van der Waals surface area (Å²) in [6.07, 6.45) is 0.227. The van der Waals surface area contributed by atoms with E-state index in [4.69, 9.17) is 23.2 Å². The first-order valence-corrected chi connectivity index (χ1v) is 11.8. The Hall–Kier alpha value is -2.87. The lowest BCUT2D eigenvalue weighted by Crippen LogP contribution is -2.48. The highest BCUT2D eigenvalue weighted by atomic mass is 79.9. The number of carbonyl (C=O) groups excluding carboxylic acids is 2. The molecule has 1 aliphatic heterocycles. The van der Waals surface area contributed by atoms with Crippen molar-refractivity contribution in [1.29, 1.82) is 0 Å². The zero-order valence-electron chi connectivity index (χ0n) is 18.0. The van der Waals surface area contributed by atoms with Crippen LogP contribution in [0.25, 0.3) is 0 Å². The van der Waals surface area contributed by atoms with E-state index in [9.17, 15) is 19.5 Å². The van der Waals surface area contributed by atoms with E-state index in [1.165, 1.54) is 29.2 Å². The minimum Gasteiger partial charge on any atom is -0.478 e. The lowest BCUT2D eigenvalue weighted by Gasteiger charge is -2.32.